The Hall–Kier alpha value is -3.41. The van der Waals surface area contributed by atoms with E-state index >= 15 is 0 Å². The zero-order valence-corrected chi connectivity index (χ0v) is 22.1. The number of alkyl halides is 2. The summed E-state index contributed by atoms with van der Waals surface area (Å²) in [7, 11) is 0. The molecule has 0 bridgehead atoms. The number of aromatic nitrogens is 1. The van der Waals surface area contributed by atoms with Gasteiger partial charge in [-0.3, -0.25) is 29.4 Å². The molecule has 19 heteroatoms. The summed E-state index contributed by atoms with van der Waals surface area (Å²) in [5.74, 6) is -4.68. The van der Waals surface area contributed by atoms with Crippen molar-refractivity contribution in [2.45, 2.75) is 18.0 Å². The van der Waals surface area contributed by atoms with Gasteiger partial charge in [-0.2, -0.15) is 0 Å². The monoisotopic (exact) mass is 608 g/mol. The van der Waals surface area contributed by atoms with Crippen LogP contribution in [0.2, 0.25) is 0 Å². The molecule has 0 spiro atoms. The Labute approximate surface area is 231 Å². The van der Waals surface area contributed by atoms with Crippen molar-refractivity contribution >= 4 is 93.3 Å². The van der Waals surface area contributed by atoms with Crippen LogP contribution in [0.5, 0.6) is 0 Å². The van der Waals surface area contributed by atoms with E-state index in [4.69, 9.17) is 32.8 Å². The van der Waals surface area contributed by atoms with Crippen molar-refractivity contribution in [2.75, 3.05) is 29.4 Å². The van der Waals surface area contributed by atoms with Crippen LogP contribution in [0.3, 0.4) is 0 Å². The van der Waals surface area contributed by atoms with Crippen molar-refractivity contribution in [1.29, 1.82) is 0 Å². The number of amides is 5. The minimum absolute atomic E-state index is 0.0807. The van der Waals surface area contributed by atoms with Crippen molar-refractivity contribution in [1.82, 2.24) is 20.5 Å². The molecule has 2 aliphatic rings. The fraction of sp³-hybridized carbons (Fsp3) is 0.368. The fourth-order valence-corrected chi connectivity index (χ4v) is 5.26. The van der Waals surface area contributed by atoms with Crippen molar-refractivity contribution in [2.24, 2.45) is 5.16 Å². The first kappa shape index (κ1) is 29.2. The third-order valence-corrected chi connectivity index (χ3v) is 7.30. The van der Waals surface area contributed by atoms with Gasteiger partial charge in [-0.1, -0.05) is 5.16 Å². The number of oxime groups is 1. The van der Waals surface area contributed by atoms with Gasteiger partial charge >= 0.3 is 12.1 Å². The molecule has 0 aliphatic carbocycles. The number of rotatable bonds is 11. The number of carbonyl (C=O) groups is 6. The first-order valence-corrected chi connectivity index (χ1v) is 13.3. The van der Waals surface area contributed by atoms with Crippen LogP contribution < -0.4 is 16.0 Å². The van der Waals surface area contributed by atoms with Crippen LogP contribution in [0.15, 0.2) is 21.8 Å². The summed E-state index contributed by atoms with van der Waals surface area (Å²) < 4.78 is 4.85. The second kappa shape index (κ2) is 13.4. The number of hydrogen-bond acceptors (Lipinski definition) is 12. The second-order valence-corrected chi connectivity index (χ2v) is 9.74. The van der Waals surface area contributed by atoms with Crippen LogP contribution in [-0.4, -0.2) is 92.4 Å². The number of imide groups is 1. The van der Waals surface area contributed by atoms with E-state index in [1.165, 1.54) is 0 Å². The summed E-state index contributed by atoms with van der Waals surface area (Å²) in [6.45, 7) is -0.575. The molecule has 2 aliphatic heterocycles. The van der Waals surface area contributed by atoms with E-state index in [1.54, 1.807) is 5.38 Å². The van der Waals surface area contributed by atoms with Crippen molar-refractivity contribution in [3.8, 4) is 0 Å². The van der Waals surface area contributed by atoms with Gasteiger partial charge in [0.25, 0.3) is 11.8 Å². The number of carbonyl (C=O) groups excluding carboxylic acids is 5. The highest BCUT2D eigenvalue weighted by atomic mass is 35.5. The second-order valence-electron chi connectivity index (χ2n) is 7.25. The maximum atomic E-state index is 12.6. The molecule has 0 aromatic carbocycles. The van der Waals surface area contributed by atoms with Gasteiger partial charge in [0.05, 0.1) is 5.69 Å². The first-order valence-electron chi connectivity index (χ1n) is 10.3. The number of nitrogens with one attached hydrogen (secondary N) is 3. The zero-order valence-electron chi connectivity index (χ0n) is 19.0. The Kier molecular flexibility index (Phi) is 10.3. The van der Waals surface area contributed by atoms with Gasteiger partial charge in [-0.05, 0) is 0 Å². The number of thioether (sulfide) groups is 1. The van der Waals surface area contributed by atoms with Gasteiger partial charge in [-0.25, -0.2) is 14.6 Å². The smallest absolute Gasteiger partial charge is 0.414 e. The molecule has 1 unspecified atom stereocenters. The quantitative estimate of drug-likeness (QED) is 0.114. The lowest BCUT2D eigenvalue weighted by atomic mass is 10.0. The average Bonchev–Trinajstić information content (AvgIpc) is 3.34. The summed E-state index contributed by atoms with van der Waals surface area (Å²) in [4.78, 5) is 80.7. The SMILES string of the molecule is O=C(C=NOCc1csc(NC(=O)CCl)n1)NC1C(=O)N2C(C(=O)O)=C(COC(=O)NC(=O)CCl)CS[C@@H]12. The highest BCUT2D eigenvalue weighted by Gasteiger charge is 2.54. The normalized spacial score (nSPS) is 18.4. The minimum atomic E-state index is -1.42. The number of thiazole rings is 1. The summed E-state index contributed by atoms with van der Waals surface area (Å²) in [6, 6.07) is -1.02. The first-order chi connectivity index (χ1) is 18.1. The van der Waals surface area contributed by atoms with E-state index in [2.05, 4.69) is 20.8 Å². The number of aliphatic carboxylic acids is 1. The standard InChI is InChI=1S/C19H18Cl2N6O9S2/c20-1-10(28)25-18-23-9(7-38-18)5-36-22-3-12(30)24-13-15(31)27-14(17(32)33)8(6-37-16(13)27)4-35-19(34)26-11(29)2-21/h3,7,13,16H,1-2,4-6H2,(H,24,30)(H,32,33)(H,23,25,28)(H,26,29,34)/t13?,16-/m0/s1. The Bertz CT molecular complexity index is 1210. The number of alkyl carbamates (subject to hydrolysis) is 1. The van der Waals surface area contributed by atoms with Crippen LogP contribution in [0.1, 0.15) is 5.69 Å². The molecule has 4 N–H and O–H groups in total. The Morgan fingerprint density at radius 1 is 1.21 bits per heavy atom. The maximum absolute atomic E-state index is 12.6. The molecule has 2 atom stereocenters. The van der Waals surface area contributed by atoms with Crippen LogP contribution in [-0.2, 0) is 40.2 Å². The number of halogens is 2. The van der Waals surface area contributed by atoms with Gasteiger partial charge < -0.3 is 25.3 Å². The van der Waals surface area contributed by atoms with E-state index in [0.717, 1.165) is 34.2 Å². The molecular formula is C19H18Cl2N6O9S2. The molecule has 5 amide bonds. The Morgan fingerprint density at radius 2 is 1.95 bits per heavy atom. The highest BCUT2D eigenvalue weighted by Crippen LogP contribution is 2.40. The highest BCUT2D eigenvalue weighted by molar-refractivity contribution is 8.00. The zero-order chi connectivity index (χ0) is 27.8. The van der Waals surface area contributed by atoms with Gasteiger partial charge in [0.15, 0.2) is 11.7 Å². The van der Waals surface area contributed by atoms with Gasteiger partial charge in [0.1, 0.15) is 41.7 Å². The molecule has 3 rings (SSSR count). The Balaban J connectivity index is 1.50. The van der Waals surface area contributed by atoms with E-state index < -0.39 is 59.6 Å². The van der Waals surface area contributed by atoms with E-state index in [0.29, 0.717) is 10.8 Å². The van der Waals surface area contributed by atoms with Crippen LogP contribution >= 0.6 is 46.3 Å². The molecule has 1 fully saturated rings. The Morgan fingerprint density at radius 3 is 2.63 bits per heavy atom. The fourth-order valence-electron chi connectivity index (χ4n) is 3.09. The summed E-state index contributed by atoms with van der Waals surface area (Å²) in [5, 5.41) is 21.1. The predicted molar refractivity (Wildman–Crippen MR) is 135 cm³/mol. The lowest BCUT2D eigenvalue weighted by molar-refractivity contribution is -0.150. The topological polar surface area (TPSA) is 206 Å². The van der Waals surface area contributed by atoms with E-state index in [-0.39, 0.29) is 29.5 Å². The molecule has 15 nitrogen and oxygen atoms in total. The average molecular weight is 609 g/mol. The third-order valence-electron chi connectivity index (χ3n) is 4.66. The number of ether oxygens (including phenoxy) is 1. The van der Waals surface area contributed by atoms with Crippen LogP contribution in [0.4, 0.5) is 9.93 Å². The van der Waals surface area contributed by atoms with Gasteiger partial charge in [0, 0.05) is 16.7 Å². The molecule has 0 radical (unpaired) electrons. The lowest BCUT2D eigenvalue weighted by Crippen LogP contribution is -2.70. The van der Waals surface area contributed by atoms with Crippen LogP contribution in [0, 0.1) is 0 Å². The predicted octanol–water partition coefficient (Wildman–Crippen LogP) is 0.0530. The summed E-state index contributed by atoms with van der Waals surface area (Å²) in [6.07, 6.45) is -0.310. The number of hydrogen-bond donors (Lipinski definition) is 4. The molecule has 0 saturated carbocycles. The number of carboxylic acids is 1. The van der Waals surface area contributed by atoms with Crippen molar-refractivity contribution in [3.05, 3.63) is 22.3 Å². The maximum Gasteiger partial charge on any atom is 0.414 e. The third kappa shape index (κ3) is 7.33. The summed E-state index contributed by atoms with van der Waals surface area (Å²) >= 11 is 13.0. The van der Waals surface area contributed by atoms with E-state index in [9.17, 15) is 33.9 Å². The number of fused-ring (bicyclic) bond motifs is 1. The molecule has 1 saturated heterocycles. The molecule has 204 valence electrons. The number of carboxylic acid groups (broad SMARTS) is 1. The van der Waals surface area contributed by atoms with Crippen molar-refractivity contribution in [3.63, 3.8) is 0 Å². The molecule has 1 aromatic heterocycles. The largest absolute Gasteiger partial charge is 0.477 e. The molecule has 38 heavy (non-hydrogen) atoms. The van der Waals surface area contributed by atoms with Gasteiger partial charge in [0.2, 0.25) is 11.8 Å². The number of β-lactam (4-membered cyclic amide) rings is 1. The summed E-state index contributed by atoms with van der Waals surface area (Å²) in [5.41, 5.74) is 0.201. The van der Waals surface area contributed by atoms with Crippen LogP contribution in [0.25, 0.3) is 0 Å². The number of anilines is 1. The van der Waals surface area contributed by atoms with Crippen molar-refractivity contribution < 1.29 is 43.4 Å². The molecule has 1 aromatic rings. The van der Waals surface area contributed by atoms with Gasteiger partial charge in [-0.15, -0.1) is 46.3 Å². The molecule has 3 heterocycles. The minimum Gasteiger partial charge on any atom is -0.477 e. The van der Waals surface area contributed by atoms with E-state index in [1.807, 2.05) is 5.32 Å². The molecular weight excluding hydrogens is 591 g/mol. The number of nitrogens with zero attached hydrogens (tertiary/aromatic N) is 3. The lowest BCUT2D eigenvalue weighted by Gasteiger charge is -2.49.